The number of hydrogen-bond donors (Lipinski definition) is 1. The largest absolute Gasteiger partial charge is 0.507 e. The van der Waals surface area contributed by atoms with Gasteiger partial charge in [0, 0.05) is 66.1 Å². The van der Waals surface area contributed by atoms with E-state index in [4.69, 9.17) is 33.8 Å². The van der Waals surface area contributed by atoms with Crippen LogP contribution in [-0.4, -0.2) is 30.0 Å². The molecule has 5 heterocycles. The van der Waals surface area contributed by atoms with E-state index in [1.54, 1.807) is 30.6 Å². The standard InChI is InChI=1S/C38H33N4O2.C35H31FNO.Ir/c1-37(2,3)35-41-29-16-18-39-31(33(29)43-35)27-20-26(25-14-12-24(13-15-25)23-10-8-7-9-11-23)21-28(22-27)32-34-30(17-19-40-32)42-36(44-34)38(4,5)6;1-22(2)30-18-26(24-10-6-5-7-11-24)19-31(23(3)4)35(30)27-20-32(25-14-16-28(36)17-15-25)37-33(21-27)29-12-8-9-13-34(29)38;/h7-21H,1-6H3;5-14,16-23,38H,1-4H3;/q2*-1;. The van der Waals surface area contributed by atoms with Crippen molar-refractivity contribution in [2.75, 3.05) is 0 Å². The van der Waals surface area contributed by atoms with Gasteiger partial charge in [-0.15, -0.1) is 48.0 Å². The number of para-hydroxylation sites is 1. The van der Waals surface area contributed by atoms with Crippen LogP contribution < -0.4 is 0 Å². The van der Waals surface area contributed by atoms with Crippen molar-refractivity contribution in [3.8, 4) is 95.3 Å². The van der Waals surface area contributed by atoms with Crippen molar-refractivity contribution in [1.82, 2.24) is 24.9 Å². The summed E-state index contributed by atoms with van der Waals surface area (Å²) < 4.78 is 26.4. The first-order valence-corrected chi connectivity index (χ1v) is 27.8. The van der Waals surface area contributed by atoms with Gasteiger partial charge < -0.3 is 13.9 Å². The van der Waals surface area contributed by atoms with E-state index in [-0.39, 0.29) is 54.3 Å². The zero-order valence-corrected chi connectivity index (χ0v) is 50.7. The topological polar surface area (TPSA) is 111 Å². The van der Waals surface area contributed by atoms with Crippen LogP contribution in [0.2, 0.25) is 0 Å². The minimum atomic E-state index is -0.341. The molecule has 0 saturated carbocycles. The average molecular weight is 1270 g/mol. The van der Waals surface area contributed by atoms with Gasteiger partial charge in [0.2, 0.25) is 0 Å². The van der Waals surface area contributed by atoms with E-state index in [9.17, 15) is 9.50 Å². The van der Waals surface area contributed by atoms with Gasteiger partial charge in [-0.1, -0.05) is 201 Å². The predicted octanol–water partition coefficient (Wildman–Crippen LogP) is 19.5. The van der Waals surface area contributed by atoms with Crippen molar-refractivity contribution in [1.29, 1.82) is 0 Å². The van der Waals surface area contributed by atoms with Crippen LogP contribution in [0.3, 0.4) is 0 Å². The zero-order valence-electron chi connectivity index (χ0n) is 48.3. The number of pyridine rings is 3. The van der Waals surface area contributed by atoms with Crippen LogP contribution in [0, 0.1) is 17.9 Å². The Labute approximate surface area is 499 Å². The van der Waals surface area contributed by atoms with Gasteiger partial charge in [-0.05, 0) is 97.9 Å². The van der Waals surface area contributed by atoms with Crippen LogP contribution in [0.25, 0.3) is 112 Å². The van der Waals surface area contributed by atoms with Crippen LogP contribution >= 0.6 is 0 Å². The van der Waals surface area contributed by atoms with Crippen LogP contribution in [-0.2, 0) is 30.9 Å². The summed E-state index contributed by atoms with van der Waals surface area (Å²) in [6.45, 7) is 21.4. The number of aromatic nitrogens is 5. The Kier molecular flexibility index (Phi) is 16.4. The smallest absolute Gasteiger partial charge is 0.199 e. The molecule has 0 aliphatic heterocycles. The minimum absolute atomic E-state index is 0. The van der Waals surface area contributed by atoms with E-state index >= 15 is 0 Å². The molecule has 0 aliphatic carbocycles. The van der Waals surface area contributed by atoms with Crippen molar-refractivity contribution in [3.63, 3.8) is 0 Å². The molecule has 10 heteroatoms. The molecular formula is C73H64FIrN5O3-2. The summed E-state index contributed by atoms with van der Waals surface area (Å²) in [7, 11) is 0. The molecule has 7 aromatic carbocycles. The number of phenolic OH excluding ortho intramolecular Hbond substituents is 1. The molecule has 1 radical (unpaired) electrons. The van der Waals surface area contributed by atoms with Crippen molar-refractivity contribution in [2.24, 2.45) is 0 Å². The Hall–Kier alpha value is -8.69. The van der Waals surface area contributed by atoms with Crippen LogP contribution in [0.4, 0.5) is 4.39 Å². The van der Waals surface area contributed by atoms with Crippen LogP contribution in [0.15, 0.2) is 197 Å². The number of phenols is 1. The maximum absolute atomic E-state index is 13.7. The summed E-state index contributed by atoms with van der Waals surface area (Å²) in [5.74, 6) is 1.70. The summed E-state index contributed by atoms with van der Waals surface area (Å²) in [5, 5.41) is 10.7. The van der Waals surface area contributed by atoms with E-state index < -0.39 is 0 Å². The fourth-order valence-corrected chi connectivity index (χ4v) is 10.1. The second-order valence-electron chi connectivity index (χ2n) is 23.5. The van der Waals surface area contributed by atoms with E-state index in [2.05, 4.69) is 191 Å². The van der Waals surface area contributed by atoms with E-state index in [0.29, 0.717) is 56.9 Å². The Morgan fingerprint density at radius 1 is 0.470 bits per heavy atom. The summed E-state index contributed by atoms with van der Waals surface area (Å²) in [6, 6.07) is 64.4. The molecule has 12 aromatic rings. The van der Waals surface area contributed by atoms with E-state index in [1.807, 2.05) is 36.4 Å². The first-order valence-electron chi connectivity index (χ1n) is 27.8. The number of hydrogen-bond acceptors (Lipinski definition) is 8. The molecule has 0 fully saturated rings. The maximum atomic E-state index is 13.7. The molecular weight excluding hydrogens is 1210 g/mol. The summed E-state index contributed by atoms with van der Waals surface area (Å²) in [6.07, 6.45) is 3.54. The first kappa shape index (κ1) is 57.5. The van der Waals surface area contributed by atoms with Gasteiger partial charge in [0.15, 0.2) is 11.8 Å². The summed E-state index contributed by atoms with van der Waals surface area (Å²) >= 11 is 0. The average Bonchev–Trinajstić information content (AvgIpc) is 4.30. The molecule has 0 spiro atoms. The molecule has 0 aliphatic rings. The van der Waals surface area contributed by atoms with Crippen molar-refractivity contribution in [2.45, 2.75) is 91.9 Å². The number of aromatic hydroxyl groups is 1. The molecule has 12 rings (SSSR count). The SMILES string of the molecule is CC(C)(C)c1nc2ccnc(-c3[c-]c(-c4nccc5nc(C(C)(C)C)oc45)cc(-c4ccc(-c5ccccc5)cc4)c3)c2o1.CC(C)c1cc(-c2ccccc2)cc(C(C)C)c1-c1cc(-c2[c-]cc(F)cc2)nc(-c2ccccc2O)c1.[Ir]. The number of oxazole rings is 2. The Morgan fingerprint density at radius 3 is 1.41 bits per heavy atom. The maximum Gasteiger partial charge on any atom is 0.199 e. The van der Waals surface area contributed by atoms with Crippen molar-refractivity contribution < 1.29 is 38.4 Å². The molecule has 0 bridgehead atoms. The van der Waals surface area contributed by atoms with Gasteiger partial charge in [0.25, 0.3) is 0 Å². The number of fused-ring (bicyclic) bond motifs is 2. The molecule has 1 N–H and O–H groups in total. The van der Waals surface area contributed by atoms with Crippen LogP contribution in [0.5, 0.6) is 5.75 Å². The third-order valence-corrected chi connectivity index (χ3v) is 14.5. The zero-order chi connectivity index (χ0) is 57.5. The van der Waals surface area contributed by atoms with Gasteiger partial charge in [-0.3, -0.25) is 19.3 Å². The van der Waals surface area contributed by atoms with Gasteiger partial charge in [-0.25, -0.2) is 9.97 Å². The van der Waals surface area contributed by atoms with Crippen LogP contribution in [0.1, 0.15) is 104 Å². The molecule has 0 amide bonds. The van der Waals surface area contributed by atoms with Crippen molar-refractivity contribution >= 4 is 22.2 Å². The minimum Gasteiger partial charge on any atom is -0.507 e. The van der Waals surface area contributed by atoms with Gasteiger partial charge in [-0.2, -0.15) is 0 Å². The van der Waals surface area contributed by atoms with E-state index in [0.717, 1.165) is 44.4 Å². The molecule has 8 nitrogen and oxygen atoms in total. The third-order valence-electron chi connectivity index (χ3n) is 14.5. The molecule has 0 atom stereocenters. The molecule has 0 unspecified atom stereocenters. The third kappa shape index (κ3) is 12.3. The quantitative estimate of drug-likeness (QED) is 0.135. The Balaban J connectivity index is 0.000000185. The fraction of sp³-hybridized carbons (Fsp3) is 0.192. The van der Waals surface area contributed by atoms with E-state index in [1.165, 1.54) is 45.5 Å². The summed E-state index contributed by atoms with van der Waals surface area (Å²) in [4.78, 5) is 24.0. The number of rotatable bonds is 10. The molecule has 417 valence electrons. The monoisotopic (exact) mass is 1270 g/mol. The molecule has 0 saturated heterocycles. The number of benzene rings is 7. The van der Waals surface area contributed by atoms with Crippen molar-refractivity contribution in [3.05, 3.63) is 229 Å². The Bertz CT molecular complexity index is 4110. The second kappa shape index (κ2) is 23.6. The normalized spacial score (nSPS) is 11.7. The Morgan fingerprint density at radius 2 is 0.928 bits per heavy atom. The fourth-order valence-electron chi connectivity index (χ4n) is 10.1. The number of halogens is 1. The van der Waals surface area contributed by atoms with Gasteiger partial charge >= 0.3 is 0 Å². The van der Waals surface area contributed by atoms with Gasteiger partial charge in [0.1, 0.15) is 27.9 Å². The van der Waals surface area contributed by atoms with Gasteiger partial charge in [0.05, 0.1) is 5.69 Å². The molecule has 83 heavy (non-hydrogen) atoms. The first-order chi connectivity index (χ1) is 39.4. The summed E-state index contributed by atoms with van der Waals surface area (Å²) in [5.41, 5.74) is 19.4. The second-order valence-corrected chi connectivity index (χ2v) is 23.5. The molecule has 5 aromatic heterocycles. The number of nitrogens with zero attached hydrogens (tertiary/aromatic N) is 5. The predicted molar refractivity (Wildman–Crippen MR) is 330 cm³/mol.